The van der Waals surface area contributed by atoms with Crippen LogP contribution in [0, 0.1) is 0 Å². The molecular weight excluding hydrogens is 320 g/mol. The van der Waals surface area contributed by atoms with Gasteiger partial charge in [-0.2, -0.15) is 0 Å². The van der Waals surface area contributed by atoms with Crippen LogP contribution in [-0.4, -0.2) is 16.5 Å². The number of carbonyl (C=O) groups is 1. The number of carbonyl (C=O) groups excluding carboxylic acids is 1. The van der Waals surface area contributed by atoms with Crippen LogP contribution in [0.3, 0.4) is 0 Å². The average Bonchev–Trinajstić information content (AvgIpc) is 2.64. The number of nitrogens with zero attached hydrogens (tertiary/aromatic N) is 2. The van der Waals surface area contributed by atoms with Crippen molar-refractivity contribution >= 4 is 17.2 Å². The molecule has 2 aromatic rings. The predicted molar refractivity (Wildman–Crippen MR) is 110 cm³/mol. The van der Waals surface area contributed by atoms with Gasteiger partial charge in [0.1, 0.15) is 5.69 Å². The van der Waals surface area contributed by atoms with Gasteiger partial charge in [0.25, 0.3) is 0 Å². The molecule has 0 atom stereocenters. The summed E-state index contributed by atoms with van der Waals surface area (Å²) in [6.07, 6.45) is 1.23. The summed E-state index contributed by atoms with van der Waals surface area (Å²) < 4.78 is 0. The Labute approximate surface area is 157 Å². The van der Waals surface area contributed by atoms with Crippen LogP contribution in [0.4, 0.5) is 5.69 Å². The van der Waals surface area contributed by atoms with E-state index in [-0.39, 0.29) is 5.78 Å². The Hall–Kier alpha value is -2.29. The van der Waals surface area contributed by atoms with Crippen LogP contribution in [0.5, 0.6) is 0 Å². The van der Waals surface area contributed by atoms with Gasteiger partial charge in [-0.25, -0.2) is 4.98 Å². The maximum absolute atomic E-state index is 12.0. The Balaban J connectivity index is 2.61. The summed E-state index contributed by atoms with van der Waals surface area (Å²) in [6, 6.07) is 12.1. The standard InChI is InChI=1S/C23H30N2O/c1-7-19(20-13-10-14-21(24-20)22(26)8-2)25-23-17(15(3)4)11-9-12-18(23)16(5)6/h9-16H,7-8H2,1-6H3. The number of pyridine rings is 1. The van der Waals surface area contributed by atoms with E-state index in [4.69, 9.17) is 4.99 Å². The number of hydrogen-bond acceptors (Lipinski definition) is 3. The maximum Gasteiger partial charge on any atom is 0.180 e. The number of benzene rings is 1. The molecule has 0 saturated carbocycles. The molecule has 2 rings (SSSR count). The van der Waals surface area contributed by atoms with Gasteiger partial charge in [-0.05, 0) is 41.5 Å². The van der Waals surface area contributed by atoms with Crippen molar-refractivity contribution in [3.05, 3.63) is 58.9 Å². The van der Waals surface area contributed by atoms with Gasteiger partial charge in [-0.3, -0.25) is 9.79 Å². The predicted octanol–water partition coefficient (Wildman–Crippen LogP) is 6.45. The second kappa shape index (κ2) is 8.88. The molecule has 0 spiro atoms. The number of rotatable bonds is 7. The van der Waals surface area contributed by atoms with Crippen molar-refractivity contribution in [2.24, 2.45) is 4.99 Å². The molecule has 138 valence electrons. The zero-order chi connectivity index (χ0) is 19.3. The SMILES string of the molecule is CCC(=O)c1cccc(C(CC)=Nc2c(C(C)C)cccc2C(C)C)n1. The van der Waals surface area contributed by atoms with E-state index in [0.29, 0.717) is 24.0 Å². The van der Waals surface area contributed by atoms with Crippen LogP contribution in [0.1, 0.15) is 93.5 Å². The highest BCUT2D eigenvalue weighted by Gasteiger charge is 2.15. The molecule has 0 unspecified atom stereocenters. The average molecular weight is 351 g/mol. The lowest BCUT2D eigenvalue weighted by atomic mass is 9.92. The van der Waals surface area contributed by atoms with Crippen LogP contribution in [0.25, 0.3) is 0 Å². The Morgan fingerprint density at radius 2 is 1.42 bits per heavy atom. The Morgan fingerprint density at radius 1 is 0.885 bits per heavy atom. The second-order valence-corrected chi connectivity index (χ2v) is 7.19. The van der Waals surface area contributed by atoms with Crippen LogP contribution in [0.2, 0.25) is 0 Å². The number of Topliss-reactive ketones (excluding diaryl/α,β-unsaturated/α-hetero) is 1. The summed E-state index contributed by atoms with van der Waals surface area (Å²) in [5.41, 5.74) is 5.80. The molecule has 3 nitrogen and oxygen atoms in total. The third kappa shape index (κ3) is 4.46. The Bertz CT molecular complexity index is 777. The zero-order valence-corrected chi connectivity index (χ0v) is 16.8. The van der Waals surface area contributed by atoms with Gasteiger partial charge < -0.3 is 0 Å². The highest BCUT2D eigenvalue weighted by molar-refractivity contribution is 6.02. The van der Waals surface area contributed by atoms with Crippen molar-refractivity contribution in [1.82, 2.24) is 4.98 Å². The molecule has 1 heterocycles. The number of aliphatic imine (C=N–C) groups is 1. The van der Waals surface area contributed by atoms with Crippen molar-refractivity contribution in [2.45, 2.75) is 66.2 Å². The van der Waals surface area contributed by atoms with Crippen molar-refractivity contribution in [1.29, 1.82) is 0 Å². The molecule has 0 amide bonds. The van der Waals surface area contributed by atoms with Gasteiger partial charge in [0.2, 0.25) is 0 Å². The van der Waals surface area contributed by atoms with E-state index in [1.54, 1.807) is 6.07 Å². The lowest BCUT2D eigenvalue weighted by molar-refractivity contribution is 0.0983. The monoisotopic (exact) mass is 350 g/mol. The number of ketones is 1. The maximum atomic E-state index is 12.0. The number of aromatic nitrogens is 1. The molecule has 1 aromatic carbocycles. The van der Waals surface area contributed by atoms with Crippen molar-refractivity contribution in [3.63, 3.8) is 0 Å². The van der Waals surface area contributed by atoms with Gasteiger partial charge >= 0.3 is 0 Å². The van der Waals surface area contributed by atoms with E-state index in [1.165, 1.54) is 11.1 Å². The summed E-state index contributed by atoms with van der Waals surface area (Å²) in [5.74, 6) is 0.853. The Kier molecular flexibility index (Phi) is 6.84. The van der Waals surface area contributed by atoms with E-state index in [2.05, 4.69) is 57.8 Å². The smallest absolute Gasteiger partial charge is 0.180 e. The molecule has 1 aromatic heterocycles. The van der Waals surface area contributed by atoms with Gasteiger partial charge in [0.15, 0.2) is 5.78 Å². The van der Waals surface area contributed by atoms with Crippen LogP contribution < -0.4 is 0 Å². The lowest BCUT2D eigenvalue weighted by Gasteiger charge is -2.17. The summed E-state index contributed by atoms with van der Waals surface area (Å²) in [6.45, 7) is 12.7. The van der Waals surface area contributed by atoms with Crippen molar-refractivity contribution < 1.29 is 4.79 Å². The lowest BCUT2D eigenvalue weighted by Crippen LogP contribution is -2.08. The van der Waals surface area contributed by atoms with E-state index in [9.17, 15) is 4.79 Å². The first-order chi connectivity index (χ1) is 12.4. The molecule has 0 N–H and O–H groups in total. The fourth-order valence-electron chi connectivity index (χ4n) is 3.03. The first-order valence-corrected chi connectivity index (χ1v) is 9.59. The molecule has 3 heteroatoms. The van der Waals surface area contributed by atoms with E-state index >= 15 is 0 Å². The molecule has 0 fully saturated rings. The van der Waals surface area contributed by atoms with E-state index < -0.39 is 0 Å². The number of para-hydroxylation sites is 1. The van der Waals surface area contributed by atoms with Gasteiger partial charge in [0, 0.05) is 6.42 Å². The third-order valence-corrected chi connectivity index (χ3v) is 4.58. The first kappa shape index (κ1) is 20.0. The van der Waals surface area contributed by atoms with Gasteiger partial charge in [-0.1, -0.05) is 65.8 Å². The molecule has 0 aliphatic heterocycles. The minimum absolute atomic E-state index is 0.0627. The Morgan fingerprint density at radius 3 is 1.92 bits per heavy atom. The van der Waals surface area contributed by atoms with E-state index in [1.807, 2.05) is 19.1 Å². The summed E-state index contributed by atoms with van der Waals surface area (Å²) in [4.78, 5) is 21.7. The van der Waals surface area contributed by atoms with Gasteiger partial charge in [0.05, 0.1) is 17.1 Å². The topological polar surface area (TPSA) is 42.3 Å². The van der Waals surface area contributed by atoms with Crippen LogP contribution in [-0.2, 0) is 0 Å². The zero-order valence-electron chi connectivity index (χ0n) is 16.8. The molecule has 0 radical (unpaired) electrons. The highest BCUT2D eigenvalue weighted by Crippen LogP contribution is 2.35. The molecule has 0 bridgehead atoms. The van der Waals surface area contributed by atoms with Crippen LogP contribution >= 0.6 is 0 Å². The first-order valence-electron chi connectivity index (χ1n) is 9.59. The molecule has 0 aliphatic rings. The normalized spacial score (nSPS) is 12.1. The minimum atomic E-state index is 0.0627. The van der Waals surface area contributed by atoms with Crippen molar-refractivity contribution in [2.75, 3.05) is 0 Å². The second-order valence-electron chi connectivity index (χ2n) is 7.19. The summed E-state index contributed by atoms with van der Waals surface area (Å²) >= 11 is 0. The summed E-state index contributed by atoms with van der Waals surface area (Å²) in [5, 5.41) is 0. The fourth-order valence-corrected chi connectivity index (χ4v) is 3.03. The fraction of sp³-hybridized carbons (Fsp3) is 0.435. The molecule has 0 saturated heterocycles. The minimum Gasteiger partial charge on any atom is -0.292 e. The largest absolute Gasteiger partial charge is 0.292 e. The molecular formula is C23H30N2O. The molecule has 26 heavy (non-hydrogen) atoms. The van der Waals surface area contributed by atoms with Gasteiger partial charge in [-0.15, -0.1) is 0 Å². The highest BCUT2D eigenvalue weighted by atomic mass is 16.1. The molecule has 0 aliphatic carbocycles. The third-order valence-electron chi connectivity index (χ3n) is 4.58. The summed E-state index contributed by atoms with van der Waals surface area (Å²) in [7, 11) is 0. The van der Waals surface area contributed by atoms with E-state index in [0.717, 1.165) is 23.5 Å². The van der Waals surface area contributed by atoms with Crippen LogP contribution in [0.15, 0.2) is 41.4 Å². The van der Waals surface area contributed by atoms with Crippen molar-refractivity contribution in [3.8, 4) is 0 Å². The number of hydrogen-bond donors (Lipinski definition) is 0. The quantitative estimate of drug-likeness (QED) is 0.425.